The zero-order valence-electron chi connectivity index (χ0n) is 14.1. The lowest BCUT2D eigenvalue weighted by molar-refractivity contribution is -0.384. The number of hydrogen-bond acceptors (Lipinski definition) is 5. The Bertz CT molecular complexity index is 735. The number of aromatic nitrogens is 2. The molecule has 0 unspecified atom stereocenters. The molecule has 128 valence electrons. The summed E-state index contributed by atoms with van der Waals surface area (Å²) < 4.78 is 6.68. The van der Waals surface area contributed by atoms with Gasteiger partial charge in [0.2, 0.25) is 0 Å². The Kier molecular flexibility index (Phi) is 5.68. The number of nitro benzene ring substituents is 1. The Morgan fingerprint density at radius 1 is 1.33 bits per heavy atom. The highest BCUT2D eigenvalue weighted by Crippen LogP contribution is 2.30. The van der Waals surface area contributed by atoms with Crippen LogP contribution in [0.2, 0.25) is 0 Å². The topological polar surface area (TPSA) is 87.3 Å². The number of rotatable bonds is 7. The predicted octanol–water partition coefficient (Wildman–Crippen LogP) is 3.86. The molecule has 0 bridgehead atoms. The third-order valence-corrected chi connectivity index (χ3v) is 3.96. The number of imidazole rings is 1. The summed E-state index contributed by atoms with van der Waals surface area (Å²) in [5.74, 6) is 0.438. The highest BCUT2D eigenvalue weighted by molar-refractivity contribution is 5.90. The summed E-state index contributed by atoms with van der Waals surface area (Å²) in [6, 6.07) is 4.23. The van der Waals surface area contributed by atoms with Crippen LogP contribution >= 0.6 is 0 Å². The molecular weight excluding hydrogens is 310 g/mol. The fourth-order valence-corrected chi connectivity index (χ4v) is 2.69. The number of carbonyl (C=O) groups excluding carboxylic acids is 1. The van der Waals surface area contributed by atoms with Gasteiger partial charge in [0.15, 0.2) is 0 Å². The summed E-state index contributed by atoms with van der Waals surface area (Å²) in [5.41, 5.74) is 0.528. The van der Waals surface area contributed by atoms with Gasteiger partial charge in [0.25, 0.3) is 5.69 Å². The molecule has 7 nitrogen and oxygen atoms in total. The van der Waals surface area contributed by atoms with E-state index in [0.29, 0.717) is 5.69 Å². The second-order valence-electron chi connectivity index (χ2n) is 5.35. The molecule has 0 N–H and O–H groups in total. The molecule has 2 aromatic rings. The third-order valence-electron chi connectivity index (χ3n) is 3.96. The smallest absolute Gasteiger partial charge is 0.338 e. The summed E-state index contributed by atoms with van der Waals surface area (Å²) in [7, 11) is 0. The minimum absolute atomic E-state index is 0.0757. The van der Waals surface area contributed by atoms with Crippen molar-refractivity contribution < 1.29 is 14.5 Å². The molecule has 0 saturated carbocycles. The fraction of sp³-hybridized carbons (Fsp3) is 0.412. The predicted molar refractivity (Wildman–Crippen MR) is 89.5 cm³/mol. The van der Waals surface area contributed by atoms with Gasteiger partial charge in [-0.15, -0.1) is 0 Å². The lowest BCUT2D eigenvalue weighted by Gasteiger charge is -2.15. The van der Waals surface area contributed by atoms with Crippen molar-refractivity contribution in [3.8, 4) is 5.69 Å². The molecular formula is C17H21N3O4. The number of nitro groups is 1. The number of ether oxygens (including phenoxy) is 1. The van der Waals surface area contributed by atoms with Crippen LogP contribution in [0.5, 0.6) is 0 Å². The maximum atomic E-state index is 12.0. The van der Waals surface area contributed by atoms with E-state index in [1.165, 1.54) is 18.2 Å². The Morgan fingerprint density at radius 3 is 2.62 bits per heavy atom. The molecule has 0 radical (unpaired) electrons. The Balaban J connectivity index is 2.59. The Hall–Kier alpha value is -2.70. The summed E-state index contributed by atoms with van der Waals surface area (Å²) in [5, 5.41) is 11.4. The van der Waals surface area contributed by atoms with E-state index < -0.39 is 10.9 Å². The highest BCUT2D eigenvalue weighted by atomic mass is 16.6. The summed E-state index contributed by atoms with van der Waals surface area (Å²) in [6.07, 6.45) is 5.05. The first-order valence-corrected chi connectivity index (χ1v) is 8.02. The van der Waals surface area contributed by atoms with Crippen LogP contribution in [0.1, 0.15) is 55.7 Å². The van der Waals surface area contributed by atoms with E-state index >= 15 is 0 Å². The van der Waals surface area contributed by atoms with Gasteiger partial charge >= 0.3 is 5.97 Å². The molecule has 1 aromatic heterocycles. The van der Waals surface area contributed by atoms with Gasteiger partial charge in [-0.05, 0) is 31.9 Å². The van der Waals surface area contributed by atoms with Crippen molar-refractivity contribution >= 4 is 11.7 Å². The highest BCUT2D eigenvalue weighted by Gasteiger charge is 2.22. The van der Waals surface area contributed by atoms with Crippen molar-refractivity contribution in [2.75, 3.05) is 6.61 Å². The number of nitrogens with zero attached hydrogens (tertiary/aromatic N) is 3. The van der Waals surface area contributed by atoms with Crippen LogP contribution in [0.4, 0.5) is 5.69 Å². The molecule has 7 heteroatoms. The van der Waals surface area contributed by atoms with Crippen molar-refractivity contribution in [2.45, 2.75) is 39.5 Å². The van der Waals surface area contributed by atoms with Crippen LogP contribution in [0.15, 0.2) is 30.6 Å². The molecule has 0 aliphatic rings. The Labute approximate surface area is 140 Å². The standard InChI is InChI=1S/C17H21N3O4/c1-4-12(5-2)16-18-9-10-19(16)15-11-13(17(21)24-6-3)7-8-14(15)20(22)23/h7-12H,4-6H2,1-3H3. The maximum absolute atomic E-state index is 12.0. The molecule has 0 aliphatic carbocycles. The molecule has 0 amide bonds. The number of carbonyl (C=O) groups is 1. The molecule has 1 heterocycles. The van der Waals surface area contributed by atoms with Crippen molar-refractivity contribution in [1.29, 1.82) is 0 Å². The average Bonchev–Trinajstić information content (AvgIpc) is 3.05. The first kappa shape index (κ1) is 17.7. The van der Waals surface area contributed by atoms with E-state index in [4.69, 9.17) is 4.74 Å². The molecule has 1 aromatic carbocycles. The van der Waals surface area contributed by atoms with Gasteiger partial charge in [-0.2, -0.15) is 0 Å². The minimum atomic E-state index is -0.502. The van der Waals surface area contributed by atoms with Crippen LogP contribution in [0.3, 0.4) is 0 Å². The van der Waals surface area contributed by atoms with E-state index in [2.05, 4.69) is 18.8 Å². The van der Waals surface area contributed by atoms with Gasteiger partial charge in [0.1, 0.15) is 11.5 Å². The summed E-state index contributed by atoms with van der Waals surface area (Å²) >= 11 is 0. The van der Waals surface area contributed by atoms with Crippen LogP contribution < -0.4 is 0 Å². The van der Waals surface area contributed by atoms with Crippen LogP contribution in [-0.2, 0) is 4.74 Å². The lowest BCUT2D eigenvalue weighted by Crippen LogP contribution is -2.10. The summed E-state index contributed by atoms with van der Waals surface area (Å²) in [6.45, 7) is 6.06. The summed E-state index contributed by atoms with van der Waals surface area (Å²) in [4.78, 5) is 27.3. The number of esters is 1. The normalized spacial score (nSPS) is 10.8. The number of benzene rings is 1. The molecule has 0 spiro atoms. The molecule has 24 heavy (non-hydrogen) atoms. The third kappa shape index (κ3) is 3.45. The van der Waals surface area contributed by atoms with Crippen molar-refractivity contribution in [3.63, 3.8) is 0 Å². The maximum Gasteiger partial charge on any atom is 0.338 e. The quantitative estimate of drug-likeness (QED) is 0.437. The minimum Gasteiger partial charge on any atom is -0.462 e. The first-order chi connectivity index (χ1) is 11.5. The fourth-order valence-electron chi connectivity index (χ4n) is 2.69. The van der Waals surface area contributed by atoms with Gasteiger partial charge in [-0.25, -0.2) is 9.78 Å². The Morgan fingerprint density at radius 2 is 2.04 bits per heavy atom. The van der Waals surface area contributed by atoms with E-state index in [0.717, 1.165) is 18.7 Å². The zero-order chi connectivity index (χ0) is 17.7. The van der Waals surface area contributed by atoms with Gasteiger partial charge in [0.05, 0.1) is 17.1 Å². The molecule has 0 fully saturated rings. The second kappa shape index (κ2) is 7.72. The van der Waals surface area contributed by atoms with E-state index in [1.807, 2.05) is 0 Å². The monoisotopic (exact) mass is 331 g/mol. The van der Waals surface area contributed by atoms with E-state index in [1.54, 1.807) is 23.9 Å². The molecule has 0 aliphatic heterocycles. The zero-order valence-corrected chi connectivity index (χ0v) is 14.1. The van der Waals surface area contributed by atoms with Gasteiger partial charge < -0.3 is 4.74 Å². The van der Waals surface area contributed by atoms with Crippen molar-refractivity contribution in [1.82, 2.24) is 9.55 Å². The van der Waals surface area contributed by atoms with Gasteiger partial charge in [0, 0.05) is 24.4 Å². The van der Waals surface area contributed by atoms with Crippen LogP contribution in [0.25, 0.3) is 5.69 Å². The largest absolute Gasteiger partial charge is 0.462 e. The molecule has 0 atom stereocenters. The first-order valence-electron chi connectivity index (χ1n) is 8.02. The molecule has 0 saturated heterocycles. The number of hydrogen-bond donors (Lipinski definition) is 0. The lowest BCUT2D eigenvalue weighted by atomic mass is 10.0. The SMILES string of the molecule is CCOC(=O)c1ccc([N+](=O)[O-])c(-n2ccnc2C(CC)CC)c1. The molecule has 2 rings (SSSR count). The van der Waals surface area contributed by atoms with Crippen LogP contribution in [-0.4, -0.2) is 27.1 Å². The van der Waals surface area contributed by atoms with Crippen molar-refractivity contribution in [3.05, 3.63) is 52.1 Å². The van der Waals surface area contributed by atoms with Crippen molar-refractivity contribution in [2.24, 2.45) is 0 Å². The van der Waals surface area contributed by atoms with Gasteiger partial charge in [-0.1, -0.05) is 13.8 Å². The second-order valence-corrected chi connectivity index (χ2v) is 5.35. The van der Waals surface area contributed by atoms with Crippen LogP contribution in [0, 0.1) is 10.1 Å². The van der Waals surface area contributed by atoms with E-state index in [9.17, 15) is 14.9 Å². The van der Waals surface area contributed by atoms with E-state index in [-0.39, 0.29) is 23.8 Å². The van der Waals surface area contributed by atoms with Gasteiger partial charge in [-0.3, -0.25) is 14.7 Å². The average molecular weight is 331 g/mol.